The molecule has 142 valence electrons. The normalized spacial score (nSPS) is 15.4. The molecule has 0 radical (unpaired) electrons. The predicted molar refractivity (Wildman–Crippen MR) is 103 cm³/mol. The zero-order chi connectivity index (χ0) is 19.0. The number of hydrogen-bond acceptors (Lipinski definition) is 7. The van der Waals surface area contributed by atoms with Crippen molar-refractivity contribution in [3.05, 3.63) is 17.8 Å². The summed E-state index contributed by atoms with van der Waals surface area (Å²) in [6.45, 7) is 3.26. The lowest BCUT2D eigenvalue weighted by molar-refractivity contribution is 0.0858. The van der Waals surface area contributed by atoms with Gasteiger partial charge < -0.3 is 20.7 Å². The molecule has 0 aliphatic carbocycles. The van der Waals surface area contributed by atoms with Crippen LogP contribution in [0.1, 0.15) is 30.3 Å². The summed E-state index contributed by atoms with van der Waals surface area (Å²) in [5, 5.41) is 11.3. The Balaban J connectivity index is 1.49. The number of aromatic nitrogens is 3. The highest BCUT2D eigenvalue weighted by molar-refractivity contribution is 7.23. The van der Waals surface area contributed by atoms with Crippen LogP contribution in [0.3, 0.4) is 0 Å². The van der Waals surface area contributed by atoms with Crippen molar-refractivity contribution in [2.45, 2.75) is 25.8 Å². The van der Waals surface area contributed by atoms with Crippen molar-refractivity contribution in [2.24, 2.45) is 0 Å². The molecule has 1 aliphatic heterocycles. The van der Waals surface area contributed by atoms with Gasteiger partial charge in [0.2, 0.25) is 0 Å². The van der Waals surface area contributed by atoms with Gasteiger partial charge in [-0.25, -0.2) is 9.78 Å². The Labute approximate surface area is 158 Å². The minimum absolute atomic E-state index is 0.0133. The first-order valence-electron chi connectivity index (χ1n) is 8.82. The third-order valence-electron chi connectivity index (χ3n) is 4.67. The number of nitrogen functional groups attached to an aromatic ring is 1. The minimum Gasteiger partial charge on any atom is -0.450 e. The molecule has 9 nitrogen and oxygen atoms in total. The van der Waals surface area contributed by atoms with Crippen LogP contribution in [0.4, 0.5) is 9.93 Å². The van der Waals surface area contributed by atoms with Crippen molar-refractivity contribution in [1.82, 2.24) is 25.4 Å². The summed E-state index contributed by atoms with van der Waals surface area (Å²) in [4.78, 5) is 30.5. The molecule has 27 heavy (non-hydrogen) atoms. The van der Waals surface area contributed by atoms with E-state index in [1.807, 2.05) is 12.1 Å². The molecule has 4 rings (SSSR count). The smallest absolute Gasteiger partial charge is 0.409 e. The highest BCUT2D eigenvalue weighted by atomic mass is 32.1. The molecule has 0 bridgehead atoms. The number of hydrogen-bond donors (Lipinski definition) is 3. The Morgan fingerprint density at radius 3 is 2.93 bits per heavy atom. The zero-order valence-electron chi connectivity index (χ0n) is 14.8. The number of likely N-dealkylation sites (tertiary alicyclic amines) is 1. The van der Waals surface area contributed by atoms with Crippen molar-refractivity contribution in [3.63, 3.8) is 0 Å². The summed E-state index contributed by atoms with van der Waals surface area (Å²) < 4.78 is 5.87. The molecule has 4 N–H and O–H groups in total. The topological polar surface area (TPSA) is 126 Å². The first-order chi connectivity index (χ1) is 13.1. The molecule has 3 heterocycles. The molecule has 2 amide bonds. The maximum absolute atomic E-state index is 12.8. The Bertz CT molecular complexity index is 1000. The van der Waals surface area contributed by atoms with Gasteiger partial charge in [0.05, 0.1) is 27.7 Å². The van der Waals surface area contributed by atoms with E-state index in [2.05, 4.69) is 20.5 Å². The van der Waals surface area contributed by atoms with Crippen molar-refractivity contribution in [1.29, 1.82) is 0 Å². The number of carbonyl (C=O) groups is 2. The van der Waals surface area contributed by atoms with Crippen LogP contribution < -0.4 is 11.1 Å². The largest absolute Gasteiger partial charge is 0.450 e. The fourth-order valence-corrected chi connectivity index (χ4v) is 4.23. The number of nitrogens with zero attached hydrogens (tertiary/aromatic N) is 3. The van der Waals surface area contributed by atoms with Gasteiger partial charge in [-0.15, -0.1) is 0 Å². The summed E-state index contributed by atoms with van der Waals surface area (Å²) in [6, 6.07) is 3.69. The van der Waals surface area contributed by atoms with Gasteiger partial charge in [-0.2, -0.15) is 5.10 Å². The second-order valence-corrected chi connectivity index (χ2v) is 7.43. The molecular weight excluding hydrogens is 368 g/mol. The van der Waals surface area contributed by atoms with Crippen LogP contribution in [-0.2, 0) is 4.74 Å². The highest BCUT2D eigenvalue weighted by Gasteiger charge is 2.26. The maximum Gasteiger partial charge on any atom is 0.409 e. The van der Waals surface area contributed by atoms with Crippen LogP contribution in [0, 0.1) is 0 Å². The van der Waals surface area contributed by atoms with Crippen LogP contribution in [0.2, 0.25) is 0 Å². The number of nitrogens with one attached hydrogen (secondary N) is 2. The lowest BCUT2D eigenvalue weighted by Gasteiger charge is -2.31. The number of ether oxygens (including phenoxy) is 1. The second kappa shape index (κ2) is 7.03. The number of amides is 2. The number of piperidine rings is 1. The van der Waals surface area contributed by atoms with Gasteiger partial charge in [-0.3, -0.25) is 9.89 Å². The van der Waals surface area contributed by atoms with Crippen LogP contribution in [0.5, 0.6) is 0 Å². The monoisotopic (exact) mass is 388 g/mol. The fourth-order valence-electron chi connectivity index (χ4n) is 3.35. The Kier molecular flexibility index (Phi) is 4.56. The molecule has 0 unspecified atom stereocenters. The summed E-state index contributed by atoms with van der Waals surface area (Å²) in [6.07, 6.45) is 1.05. The highest BCUT2D eigenvalue weighted by Crippen LogP contribution is 2.32. The van der Waals surface area contributed by atoms with E-state index in [-0.39, 0.29) is 18.0 Å². The van der Waals surface area contributed by atoms with Crippen LogP contribution in [-0.4, -0.2) is 57.8 Å². The van der Waals surface area contributed by atoms with E-state index in [1.54, 1.807) is 11.8 Å². The number of fused-ring (bicyclic) bond motifs is 3. The van der Waals surface area contributed by atoms with E-state index in [0.29, 0.717) is 43.4 Å². The van der Waals surface area contributed by atoms with Gasteiger partial charge in [0.15, 0.2) is 10.8 Å². The van der Waals surface area contributed by atoms with Gasteiger partial charge in [0.1, 0.15) is 0 Å². The molecule has 1 aliphatic rings. The van der Waals surface area contributed by atoms with E-state index in [1.165, 1.54) is 11.3 Å². The van der Waals surface area contributed by atoms with Crippen LogP contribution in [0.15, 0.2) is 12.1 Å². The van der Waals surface area contributed by atoms with Crippen molar-refractivity contribution >= 4 is 49.6 Å². The number of carbonyl (C=O) groups excluding carboxylic acids is 2. The van der Waals surface area contributed by atoms with Crippen molar-refractivity contribution < 1.29 is 14.3 Å². The zero-order valence-corrected chi connectivity index (χ0v) is 15.6. The number of thiazole rings is 1. The SMILES string of the molecule is CCOC(=O)N1CCC(NC(=O)c2n[nH]c3ccc4nc(N)sc4c23)CC1. The summed E-state index contributed by atoms with van der Waals surface area (Å²) in [5.41, 5.74) is 7.68. The van der Waals surface area contributed by atoms with E-state index < -0.39 is 0 Å². The predicted octanol–water partition coefficient (Wildman–Crippen LogP) is 2.11. The Hall–Kier alpha value is -2.88. The molecule has 2 aromatic heterocycles. The average molecular weight is 388 g/mol. The Morgan fingerprint density at radius 2 is 2.19 bits per heavy atom. The average Bonchev–Trinajstić information content (AvgIpc) is 3.24. The molecule has 0 atom stereocenters. The molecule has 1 fully saturated rings. The fraction of sp³-hybridized carbons (Fsp3) is 0.412. The number of nitrogens with two attached hydrogens (primary N) is 1. The van der Waals surface area contributed by atoms with E-state index in [9.17, 15) is 9.59 Å². The molecule has 3 aromatic rings. The first kappa shape index (κ1) is 17.5. The third-order valence-corrected chi connectivity index (χ3v) is 5.59. The van der Waals surface area contributed by atoms with E-state index in [0.717, 1.165) is 21.1 Å². The van der Waals surface area contributed by atoms with Gasteiger partial charge in [-0.1, -0.05) is 11.3 Å². The van der Waals surface area contributed by atoms with E-state index >= 15 is 0 Å². The lowest BCUT2D eigenvalue weighted by Crippen LogP contribution is -2.46. The number of rotatable bonds is 3. The molecule has 10 heteroatoms. The van der Waals surface area contributed by atoms with Crippen LogP contribution in [0.25, 0.3) is 21.1 Å². The summed E-state index contributed by atoms with van der Waals surface area (Å²) in [7, 11) is 0. The number of anilines is 1. The van der Waals surface area contributed by atoms with Crippen molar-refractivity contribution in [2.75, 3.05) is 25.4 Å². The summed E-state index contributed by atoms with van der Waals surface area (Å²) in [5.74, 6) is -0.240. The quantitative estimate of drug-likeness (QED) is 0.631. The molecule has 1 aromatic carbocycles. The van der Waals surface area contributed by atoms with Gasteiger partial charge in [-0.05, 0) is 31.9 Å². The molecule has 0 spiro atoms. The molecule has 1 saturated heterocycles. The summed E-state index contributed by atoms with van der Waals surface area (Å²) >= 11 is 1.34. The van der Waals surface area contributed by atoms with Gasteiger partial charge in [0, 0.05) is 19.1 Å². The number of benzene rings is 1. The standard InChI is InChI=1S/C17H20N6O3S/c1-2-26-17(25)23-7-5-9(6-8-23)19-15(24)13-12-10(21-22-13)3-4-11-14(12)27-16(18)20-11/h3-4,9H,2,5-8H2,1H3,(H2,18,20)(H,19,24)(H,21,22). The van der Waals surface area contributed by atoms with Gasteiger partial charge in [0.25, 0.3) is 5.91 Å². The first-order valence-corrected chi connectivity index (χ1v) is 9.64. The maximum atomic E-state index is 12.8. The molecule has 0 saturated carbocycles. The minimum atomic E-state index is -0.300. The van der Waals surface area contributed by atoms with Gasteiger partial charge >= 0.3 is 6.09 Å². The van der Waals surface area contributed by atoms with Crippen LogP contribution >= 0.6 is 11.3 Å². The van der Waals surface area contributed by atoms with E-state index in [4.69, 9.17) is 10.5 Å². The molecular formula is C17H20N6O3S. The number of aromatic amines is 1. The third kappa shape index (κ3) is 3.27. The van der Waals surface area contributed by atoms with Crippen molar-refractivity contribution in [3.8, 4) is 0 Å². The second-order valence-electron chi connectivity index (χ2n) is 6.39. The number of H-pyrrole nitrogens is 1. The Morgan fingerprint density at radius 1 is 1.41 bits per heavy atom. The lowest BCUT2D eigenvalue weighted by atomic mass is 10.0.